The second-order valence-electron chi connectivity index (χ2n) is 5.47. The van der Waals surface area contributed by atoms with E-state index in [4.69, 9.17) is 0 Å². The van der Waals surface area contributed by atoms with Gasteiger partial charge in [0.15, 0.2) is 0 Å². The molecule has 1 aromatic carbocycles. The number of rotatable bonds is 8. The van der Waals surface area contributed by atoms with Crippen LogP contribution in [0.15, 0.2) is 28.7 Å². The first-order valence-electron chi connectivity index (χ1n) is 7.26. The van der Waals surface area contributed by atoms with Gasteiger partial charge in [-0.1, -0.05) is 53.9 Å². The molecule has 0 bridgehead atoms. The molecule has 0 aliphatic heterocycles. The van der Waals surface area contributed by atoms with Gasteiger partial charge in [0, 0.05) is 10.5 Å². The molecular weight excluding hydrogens is 286 g/mol. The molecule has 1 aliphatic carbocycles. The van der Waals surface area contributed by atoms with Gasteiger partial charge in [-0.05, 0) is 49.8 Å². The summed E-state index contributed by atoms with van der Waals surface area (Å²) < 4.78 is 1.25. The van der Waals surface area contributed by atoms with Crippen LogP contribution in [0.4, 0.5) is 0 Å². The van der Waals surface area contributed by atoms with Crippen molar-refractivity contribution < 1.29 is 0 Å². The maximum absolute atomic E-state index is 3.71. The second kappa shape index (κ2) is 7.30. The second-order valence-corrected chi connectivity index (χ2v) is 6.32. The van der Waals surface area contributed by atoms with Gasteiger partial charge in [0.25, 0.3) is 0 Å². The van der Waals surface area contributed by atoms with Gasteiger partial charge in [-0.3, -0.25) is 0 Å². The molecule has 2 heteroatoms. The third-order valence-electron chi connectivity index (χ3n) is 3.73. The third-order valence-corrected chi connectivity index (χ3v) is 4.50. The normalized spacial score (nSPS) is 16.8. The van der Waals surface area contributed by atoms with Gasteiger partial charge < -0.3 is 5.32 Å². The van der Waals surface area contributed by atoms with E-state index in [-0.39, 0.29) is 0 Å². The van der Waals surface area contributed by atoms with E-state index in [9.17, 15) is 0 Å². The summed E-state index contributed by atoms with van der Waals surface area (Å²) in [6.45, 7) is 3.38. The summed E-state index contributed by atoms with van der Waals surface area (Å²) in [6.07, 6.45) is 8.03. The molecule has 0 radical (unpaired) electrons. The molecule has 1 nitrogen and oxygen atoms in total. The lowest BCUT2D eigenvalue weighted by molar-refractivity contribution is 0.452. The SMILES string of the molecule is CCCNC(CCC1CC1)Cc1ccccc1Br. The summed E-state index contributed by atoms with van der Waals surface area (Å²) in [6, 6.07) is 9.25. The molecule has 1 atom stereocenters. The molecule has 1 aromatic rings. The van der Waals surface area contributed by atoms with Gasteiger partial charge in [-0.2, -0.15) is 0 Å². The quantitative estimate of drug-likeness (QED) is 0.743. The summed E-state index contributed by atoms with van der Waals surface area (Å²) in [5, 5.41) is 3.71. The Hall–Kier alpha value is -0.340. The largest absolute Gasteiger partial charge is 0.314 e. The molecule has 1 N–H and O–H groups in total. The Kier molecular flexibility index (Phi) is 5.71. The van der Waals surface area contributed by atoms with E-state index >= 15 is 0 Å². The molecule has 0 aromatic heterocycles. The molecular formula is C16H24BrN. The van der Waals surface area contributed by atoms with Gasteiger partial charge in [0.05, 0.1) is 0 Å². The van der Waals surface area contributed by atoms with E-state index in [2.05, 4.69) is 52.4 Å². The van der Waals surface area contributed by atoms with Crippen molar-refractivity contribution in [1.82, 2.24) is 5.32 Å². The monoisotopic (exact) mass is 309 g/mol. The molecule has 0 heterocycles. The lowest BCUT2D eigenvalue weighted by atomic mass is 10.0. The fraction of sp³-hybridized carbons (Fsp3) is 0.625. The van der Waals surface area contributed by atoms with Crippen LogP contribution >= 0.6 is 15.9 Å². The standard InChI is InChI=1S/C16H24BrN/c1-2-11-18-15(10-9-13-7-8-13)12-14-5-3-4-6-16(14)17/h3-6,13,15,18H,2,7-12H2,1H3. The average molecular weight is 310 g/mol. The summed E-state index contributed by atoms with van der Waals surface area (Å²) in [7, 11) is 0. The van der Waals surface area contributed by atoms with Gasteiger partial charge in [0.1, 0.15) is 0 Å². The average Bonchev–Trinajstić information content (AvgIpc) is 3.19. The number of hydrogen-bond donors (Lipinski definition) is 1. The van der Waals surface area contributed by atoms with Crippen molar-refractivity contribution in [3.8, 4) is 0 Å². The fourth-order valence-electron chi connectivity index (χ4n) is 2.40. The molecule has 100 valence electrons. The van der Waals surface area contributed by atoms with Gasteiger partial charge >= 0.3 is 0 Å². The van der Waals surface area contributed by atoms with E-state index in [1.54, 1.807) is 0 Å². The van der Waals surface area contributed by atoms with Crippen LogP contribution in [-0.2, 0) is 6.42 Å². The molecule has 1 aliphatic rings. The molecule has 0 amide bonds. The predicted molar refractivity (Wildman–Crippen MR) is 81.9 cm³/mol. The smallest absolute Gasteiger partial charge is 0.0207 e. The Morgan fingerprint density at radius 2 is 2.11 bits per heavy atom. The van der Waals surface area contributed by atoms with E-state index in [1.165, 1.54) is 42.1 Å². The number of halogens is 1. The van der Waals surface area contributed by atoms with Gasteiger partial charge in [-0.25, -0.2) is 0 Å². The number of benzene rings is 1. The van der Waals surface area contributed by atoms with Crippen molar-refractivity contribution in [3.63, 3.8) is 0 Å². The van der Waals surface area contributed by atoms with Crippen molar-refractivity contribution in [2.24, 2.45) is 5.92 Å². The Labute approximate surface area is 119 Å². The molecule has 18 heavy (non-hydrogen) atoms. The first kappa shape index (κ1) is 14.1. The molecule has 0 spiro atoms. The number of hydrogen-bond acceptors (Lipinski definition) is 1. The highest BCUT2D eigenvalue weighted by atomic mass is 79.9. The number of nitrogens with one attached hydrogen (secondary N) is 1. The van der Waals surface area contributed by atoms with Crippen LogP contribution in [0.25, 0.3) is 0 Å². The zero-order valence-corrected chi connectivity index (χ0v) is 12.9. The van der Waals surface area contributed by atoms with Crippen molar-refractivity contribution in [3.05, 3.63) is 34.3 Å². The Morgan fingerprint density at radius 1 is 1.33 bits per heavy atom. The van der Waals surface area contributed by atoms with Gasteiger partial charge in [0.2, 0.25) is 0 Å². The van der Waals surface area contributed by atoms with E-state index in [1.807, 2.05) is 0 Å². The zero-order valence-electron chi connectivity index (χ0n) is 11.3. The Bertz CT molecular complexity index is 360. The molecule has 2 rings (SSSR count). The lowest BCUT2D eigenvalue weighted by Crippen LogP contribution is -2.32. The summed E-state index contributed by atoms with van der Waals surface area (Å²) >= 11 is 3.66. The predicted octanol–water partition coefficient (Wildman–Crippen LogP) is 4.55. The van der Waals surface area contributed by atoms with Crippen molar-refractivity contribution in [2.75, 3.05) is 6.54 Å². The maximum Gasteiger partial charge on any atom is 0.0207 e. The minimum absolute atomic E-state index is 0.643. The Morgan fingerprint density at radius 3 is 2.78 bits per heavy atom. The van der Waals surface area contributed by atoms with Gasteiger partial charge in [-0.15, -0.1) is 0 Å². The summed E-state index contributed by atoms with van der Waals surface area (Å²) in [5.41, 5.74) is 1.43. The first-order chi connectivity index (χ1) is 8.79. The lowest BCUT2D eigenvalue weighted by Gasteiger charge is -2.19. The van der Waals surface area contributed by atoms with Crippen LogP contribution in [0.3, 0.4) is 0 Å². The highest BCUT2D eigenvalue weighted by Crippen LogP contribution is 2.34. The molecule has 1 fully saturated rings. The molecule has 1 unspecified atom stereocenters. The third kappa shape index (κ3) is 4.74. The van der Waals surface area contributed by atoms with Crippen molar-refractivity contribution in [2.45, 2.75) is 51.5 Å². The fourth-order valence-corrected chi connectivity index (χ4v) is 2.84. The van der Waals surface area contributed by atoms with E-state index in [0.29, 0.717) is 6.04 Å². The summed E-state index contributed by atoms with van der Waals surface area (Å²) in [5.74, 6) is 1.04. The first-order valence-corrected chi connectivity index (χ1v) is 8.05. The van der Waals surface area contributed by atoms with E-state index < -0.39 is 0 Å². The molecule has 0 saturated heterocycles. The van der Waals surface area contributed by atoms with Crippen LogP contribution in [0, 0.1) is 5.92 Å². The zero-order chi connectivity index (χ0) is 12.8. The minimum Gasteiger partial charge on any atom is -0.314 e. The van der Waals surface area contributed by atoms with E-state index in [0.717, 1.165) is 18.9 Å². The van der Waals surface area contributed by atoms with Crippen molar-refractivity contribution >= 4 is 15.9 Å². The summed E-state index contributed by atoms with van der Waals surface area (Å²) in [4.78, 5) is 0. The maximum atomic E-state index is 3.71. The Balaban J connectivity index is 1.87. The van der Waals surface area contributed by atoms with Crippen molar-refractivity contribution in [1.29, 1.82) is 0 Å². The minimum atomic E-state index is 0.643. The van der Waals surface area contributed by atoms with Crippen LogP contribution < -0.4 is 5.32 Å². The highest BCUT2D eigenvalue weighted by molar-refractivity contribution is 9.10. The van der Waals surface area contributed by atoms with Crippen LogP contribution in [0.1, 0.15) is 44.6 Å². The van der Waals surface area contributed by atoms with Crippen LogP contribution in [0.5, 0.6) is 0 Å². The van der Waals surface area contributed by atoms with Crippen LogP contribution in [-0.4, -0.2) is 12.6 Å². The molecule has 1 saturated carbocycles. The van der Waals surface area contributed by atoms with Crippen LogP contribution in [0.2, 0.25) is 0 Å². The topological polar surface area (TPSA) is 12.0 Å². The highest BCUT2D eigenvalue weighted by Gasteiger charge is 2.22.